The van der Waals surface area contributed by atoms with Gasteiger partial charge in [-0.05, 0) is 45.7 Å². The number of amides is 3. The highest BCUT2D eigenvalue weighted by molar-refractivity contribution is 6.12. The molecule has 3 fully saturated rings. The molecule has 1 saturated carbocycles. The third kappa shape index (κ3) is 4.00. The number of ether oxygens (including phenoxy) is 1. The molecule has 2 N–H and O–H groups in total. The molecule has 10 nitrogen and oxygen atoms in total. The summed E-state index contributed by atoms with van der Waals surface area (Å²) in [6.45, 7) is 4.93. The average Bonchev–Trinajstić information content (AvgIpc) is 3.61. The third-order valence-corrected chi connectivity index (χ3v) is 8.59. The van der Waals surface area contributed by atoms with E-state index in [1.807, 2.05) is 0 Å². The van der Waals surface area contributed by atoms with Crippen LogP contribution >= 0.6 is 0 Å². The number of nitrogens with zero attached hydrogens (tertiary/aromatic N) is 2. The zero-order valence-corrected chi connectivity index (χ0v) is 22.2. The van der Waals surface area contributed by atoms with Gasteiger partial charge < -0.3 is 19.9 Å². The van der Waals surface area contributed by atoms with Gasteiger partial charge in [-0.2, -0.15) is 0 Å². The van der Waals surface area contributed by atoms with Crippen molar-refractivity contribution in [2.24, 2.45) is 11.8 Å². The maximum absolute atomic E-state index is 14.3. The number of fused-ring (bicyclic) bond motifs is 1. The van der Waals surface area contributed by atoms with Gasteiger partial charge in [0.15, 0.2) is 11.6 Å². The molecule has 6 rings (SSSR count). The molecule has 2 bridgehead atoms. The van der Waals surface area contributed by atoms with Crippen LogP contribution in [0.3, 0.4) is 0 Å². The Labute approximate surface area is 226 Å². The maximum Gasteiger partial charge on any atom is 0.246 e. The molecular formula is C29H32N4O6. The van der Waals surface area contributed by atoms with E-state index < -0.39 is 40.9 Å². The first-order valence-corrected chi connectivity index (χ1v) is 13.5. The van der Waals surface area contributed by atoms with Gasteiger partial charge in [0.1, 0.15) is 17.4 Å². The van der Waals surface area contributed by atoms with E-state index in [1.54, 1.807) is 56.3 Å². The highest BCUT2D eigenvalue weighted by Gasteiger charge is 2.76. The summed E-state index contributed by atoms with van der Waals surface area (Å²) >= 11 is 0. The van der Waals surface area contributed by atoms with Gasteiger partial charge in [0.25, 0.3) is 0 Å². The topological polar surface area (TPSA) is 131 Å². The van der Waals surface area contributed by atoms with Gasteiger partial charge >= 0.3 is 0 Å². The predicted molar refractivity (Wildman–Crippen MR) is 141 cm³/mol. The second kappa shape index (κ2) is 9.15. The Balaban J connectivity index is 1.41. The van der Waals surface area contributed by atoms with E-state index in [1.165, 1.54) is 11.8 Å². The number of anilines is 2. The standard InChI is InChI=1S/C29H32N4O6/c1-16-14-21(32-38-16)31-25(35)22-23-27(37)33(20-11-7-8-18(15-20)17(2)34)24(29(23)13-12-28(22,3)39-29)26(36)30-19-9-5-4-6-10-19/h7-8,11-15,19,22-24H,4-6,9-10H2,1-3H3,(H,30,36)(H,31,32,35)/t22-,23+,24+,28-,29+/m0/s1. The number of Topliss-reactive ketones (excluding diaryl/α,β-unsaturated/α-hetero) is 1. The summed E-state index contributed by atoms with van der Waals surface area (Å²) < 4.78 is 11.6. The Morgan fingerprint density at radius 3 is 2.54 bits per heavy atom. The van der Waals surface area contributed by atoms with Crippen molar-refractivity contribution in [3.63, 3.8) is 0 Å². The number of benzene rings is 1. The molecule has 1 spiro atoms. The number of ketones is 1. The van der Waals surface area contributed by atoms with Gasteiger partial charge in [-0.25, -0.2) is 0 Å². The monoisotopic (exact) mass is 532 g/mol. The lowest BCUT2D eigenvalue weighted by Gasteiger charge is -2.34. The summed E-state index contributed by atoms with van der Waals surface area (Å²) in [7, 11) is 0. The fraction of sp³-hybridized carbons (Fsp3) is 0.483. The van der Waals surface area contributed by atoms with Gasteiger partial charge in [0, 0.05) is 23.4 Å². The number of aromatic nitrogens is 1. The van der Waals surface area contributed by atoms with Crippen LogP contribution in [0.4, 0.5) is 11.5 Å². The van der Waals surface area contributed by atoms with Crippen molar-refractivity contribution in [1.82, 2.24) is 10.5 Å². The third-order valence-electron chi connectivity index (χ3n) is 8.59. The van der Waals surface area contributed by atoms with Crippen LogP contribution in [0.25, 0.3) is 0 Å². The number of aryl methyl sites for hydroxylation is 1. The molecule has 39 heavy (non-hydrogen) atoms. The summed E-state index contributed by atoms with van der Waals surface area (Å²) in [5.74, 6) is -2.43. The molecule has 0 unspecified atom stereocenters. The molecule has 3 amide bonds. The van der Waals surface area contributed by atoms with E-state index in [9.17, 15) is 19.2 Å². The molecule has 204 valence electrons. The highest BCUT2D eigenvalue weighted by atomic mass is 16.5. The minimum Gasteiger partial charge on any atom is -0.360 e. The van der Waals surface area contributed by atoms with Crippen molar-refractivity contribution < 1.29 is 28.4 Å². The van der Waals surface area contributed by atoms with Crippen molar-refractivity contribution in [2.75, 3.05) is 10.2 Å². The fourth-order valence-electron chi connectivity index (χ4n) is 6.84. The van der Waals surface area contributed by atoms with Crippen LogP contribution in [-0.4, -0.2) is 51.9 Å². The van der Waals surface area contributed by atoms with Crippen molar-refractivity contribution in [3.8, 4) is 0 Å². The molecule has 5 atom stereocenters. The van der Waals surface area contributed by atoms with Crippen LogP contribution in [0.2, 0.25) is 0 Å². The van der Waals surface area contributed by atoms with Crippen molar-refractivity contribution >= 4 is 35.0 Å². The minimum atomic E-state index is -1.35. The maximum atomic E-state index is 14.3. The molecule has 10 heteroatoms. The van der Waals surface area contributed by atoms with Gasteiger partial charge in [-0.3, -0.25) is 24.1 Å². The van der Waals surface area contributed by atoms with Gasteiger partial charge in [0.2, 0.25) is 17.7 Å². The van der Waals surface area contributed by atoms with Crippen molar-refractivity contribution in [2.45, 2.75) is 76.2 Å². The van der Waals surface area contributed by atoms with Gasteiger partial charge in [-0.15, -0.1) is 0 Å². The smallest absolute Gasteiger partial charge is 0.246 e. The second-order valence-electron chi connectivity index (χ2n) is 11.3. The molecule has 4 aliphatic rings. The summed E-state index contributed by atoms with van der Waals surface area (Å²) in [6.07, 6.45) is 8.51. The molecule has 2 saturated heterocycles. The quantitative estimate of drug-likeness (QED) is 0.431. The normalized spacial score (nSPS) is 31.4. The van der Waals surface area contributed by atoms with E-state index in [2.05, 4.69) is 15.8 Å². The number of hydrogen-bond acceptors (Lipinski definition) is 7. The molecule has 1 aromatic carbocycles. The van der Waals surface area contributed by atoms with Crippen molar-refractivity contribution in [1.29, 1.82) is 0 Å². The summed E-state index contributed by atoms with van der Waals surface area (Å²) in [4.78, 5) is 55.6. The number of nitrogens with one attached hydrogen (secondary N) is 2. The van der Waals surface area contributed by atoms with Gasteiger partial charge in [-0.1, -0.05) is 48.7 Å². The van der Waals surface area contributed by atoms with E-state index in [0.717, 1.165) is 32.1 Å². The second-order valence-corrected chi connectivity index (χ2v) is 11.3. The molecule has 4 heterocycles. The SMILES string of the molecule is CC(=O)c1cccc(N2C(=O)[C@H]3[C@@H](C(=O)Nc4cc(C)on4)[C@]4(C)C=C[C@]3(O4)[C@H]2C(=O)NC2CCCCC2)c1. The Morgan fingerprint density at radius 1 is 1.08 bits per heavy atom. The Kier molecular flexibility index (Phi) is 5.98. The Bertz CT molecular complexity index is 1390. The first kappa shape index (κ1) is 25.5. The van der Waals surface area contributed by atoms with Crippen LogP contribution in [0.5, 0.6) is 0 Å². The highest BCUT2D eigenvalue weighted by Crippen LogP contribution is 2.60. The minimum absolute atomic E-state index is 0.00914. The van der Waals surface area contributed by atoms with Crippen LogP contribution in [0, 0.1) is 18.8 Å². The first-order chi connectivity index (χ1) is 18.6. The fourth-order valence-corrected chi connectivity index (χ4v) is 6.84. The number of carbonyl (C=O) groups excluding carboxylic acids is 4. The molecule has 3 aliphatic heterocycles. The average molecular weight is 533 g/mol. The number of hydrogen-bond donors (Lipinski definition) is 2. The molecular weight excluding hydrogens is 500 g/mol. The Hall–Kier alpha value is -3.79. The van der Waals surface area contributed by atoms with E-state index in [-0.39, 0.29) is 23.6 Å². The summed E-state index contributed by atoms with van der Waals surface area (Å²) in [6, 6.07) is 7.23. The number of rotatable bonds is 6. The van der Waals surface area contributed by atoms with Crippen LogP contribution in [0.15, 0.2) is 47.0 Å². The van der Waals surface area contributed by atoms with E-state index in [4.69, 9.17) is 9.26 Å². The summed E-state index contributed by atoms with van der Waals surface area (Å²) in [5.41, 5.74) is -1.61. The zero-order chi connectivity index (χ0) is 27.5. The number of carbonyl (C=O) groups is 4. The molecule has 0 radical (unpaired) electrons. The zero-order valence-electron chi connectivity index (χ0n) is 22.2. The summed E-state index contributed by atoms with van der Waals surface area (Å²) in [5, 5.41) is 9.79. The lowest BCUT2D eigenvalue weighted by Crippen LogP contribution is -2.56. The van der Waals surface area contributed by atoms with Crippen LogP contribution < -0.4 is 15.5 Å². The Morgan fingerprint density at radius 2 is 1.85 bits per heavy atom. The molecule has 1 aromatic heterocycles. The first-order valence-electron chi connectivity index (χ1n) is 13.5. The largest absolute Gasteiger partial charge is 0.360 e. The van der Waals surface area contributed by atoms with Crippen molar-refractivity contribution in [3.05, 3.63) is 53.8 Å². The predicted octanol–water partition coefficient (Wildman–Crippen LogP) is 3.32. The van der Waals surface area contributed by atoms with E-state index >= 15 is 0 Å². The molecule has 1 aliphatic carbocycles. The lowest BCUT2D eigenvalue weighted by atomic mass is 9.70. The van der Waals surface area contributed by atoms with E-state index in [0.29, 0.717) is 17.0 Å². The van der Waals surface area contributed by atoms with Gasteiger partial charge in [0.05, 0.1) is 17.4 Å². The lowest BCUT2D eigenvalue weighted by molar-refractivity contribution is -0.131. The molecule has 2 aromatic rings. The van der Waals surface area contributed by atoms with Crippen LogP contribution in [0.1, 0.15) is 62.1 Å². The van der Waals surface area contributed by atoms with Crippen LogP contribution in [-0.2, 0) is 19.1 Å².